The van der Waals surface area contributed by atoms with Gasteiger partial charge in [-0.05, 0) is 65.8 Å². The molecule has 0 atom stereocenters. The highest BCUT2D eigenvalue weighted by atomic mass is 35.5. The molecule has 0 aliphatic rings. The van der Waals surface area contributed by atoms with Gasteiger partial charge in [0.2, 0.25) is 0 Å². The summed E-state index contributed by atoms with van der Waals surface area (Å²) in [6, 6.07) is 21.8. The second-order valence-electron chi connectivity index (χ2n) is 9.89. The predicted octanol–water partition coefficient (Wildman–Crippen LogP) is 7.06. The lowest BCUT2D eigenvalue weighted by Gasteiger charge is -2.19. The molecule has 186 valence electrons. The molecule has 0 bridgehead atoms. The molecule has 4 aromatic rings. The Kier molecular flexibility index (Phi) is 7.86. The number of hydrogen-bond acceptors (Lipinski definition) is 4. The molecule has 0 aliphatic carbocycles. The van der Waals surface area contributed by atoms with Crippen molar-refractivity contribution in [1.29, 1.82) is 0 Å². The number of nitrogens with zero attached hydrogens (tertiary/aromatic N) is 3. The van der Waals surface area contributed by atoms with Gasteiger partial charge in [0.1, 0.15) is 0 Å². The Morgan fingerprint density at radius 2 is 1.69 bits per heavy atom. The van der Waals surface area contributed by atoms with Gasteiger partial charge in [-0.1, -0.05) is 86.6 Å². The Morgan fingerprint density at radius 3 is 2.39 bits per heavy atom. The summed E-state index contributed by atoms with van der Waals surface area (Å²) in [6.45, 7) is 10.8. The smallest absolute Gasteiger partial charge is 0.251 e. The van der Waals surface area contributed by atoms with E-state index in [-0.39, 0.29) is 17.9 Å². The molecule has 0 saturated heterocycles. The number of carbonyl (C=O) groups excluding carboxylic acids is 1. The molecule has 5 nitrogen and oxygen atoms in total. The molecule has 36 heavy (non-hydrogen) atoms. The highest BCUT2D eigenvalue weighted by Crippen LogP contribution is 2.29. The van der Waals surface area contributed by atoms with E-state index in [0.29, 0.717) is 16.4 Å². The molecule has 0 saturated carbocycles. The molecule has 7 heteroatoms. The van der Waals surface area contributed by atoms with E-state index in [2.05, 4.69) is 55.3 Å². The van der Waals surface area contributed by atoms with Crippen molar-refractivity contribution in [3.63, 3.8) is 0 Å². The zero-order chi connectivity index (χ0) is 25.9. The predicted molar refractivity (Wildman–Crippen MR) is 148 cm³/mol. The van der Waals surface area contributed by atoms with Crippen molar-refractivity contribution in [3.8, 4) is 5.69 Å². The minimum atomic E-state index is -0.151. The first kappa shape index (κ1) is 26.0. The third kappa shape index (κ3) is 6.00. The van der Waals surface area contributed by atoms with E-state index >= 15 is 0 Å². The van der Waals surface area contributed by atoms with E-state index in [1.165, 1.54) is 16.7 Å². The number of carbonyl (C=O) groups is 1. The molecule has 3 aromatic carbocycles. The van der Waals surface area contributed by atoms with Crippen molar-refractivity contribution >= 4 is 29.3 Å². The Morgan fingerprint density at radius 1 is 0.972 bits per heavy atom. The standard InChI is InChI=1S/C29H31ClN4OS/c1-19-8-6-7-9-22(19)18-36-28-33-32-26(34(28)25-16-24(30)15-10-20(25)2)17-31-27(35)21-11-13-23(14-12-21)29(3,4)5/h6-16H,17-18H2,1-5H3,(H,31,35). The third-order valence-electron chi connectivity index (χ3n) is 6.15. The molecule has 0 unspecified atom stereocenters. The lowest BCUT2D eigenvalue weighted by molar-refractivity contribution is 0.0949. The van der Waals surface area contributed by atoms with Gasteiger partial charge in [-0.2, -0.15) is 0 Å². The van der Waals surface area contributed by atoms with Crippen LogP contribution in [-0.4, -0.2) is 20.7 Å². The lowest BCUT2D eigenvalue weighted by Crippen LogP contribution is -2.25. The Bertz CT molecular complexity index is 1370. The summed E-state index contributed by atoms with van der Waals surface area (Å²) >= 11 is 7.97. The fourth-order valence-electron chi connectivity index (χ4n) is 3.87. The van der Waals surface area contributed by atoms with Crippen LogP contribution in [0.1, 0.15) is 59.2 Å². The van der Waals surface area contributed by atoms with Crippen LogP contribution >= 0.6 is 23.4 Å². The second kappa shape index (κ2) is 10.9. The Labute approximate surface area is 222 Å². The van der Waals surface area contributed by atoms with E-state index in [1.807, 2.05) is 66.1 Å². The summed E-state index contributed by atoms with van der Waals surface area (Å²) in [6.07, 6.45) is 0. The van der Waals surface area contributed by atoms with Gasteiger partial charge in [0.05, 0.1) is 12.2 Å². The summed E-state index contributed by atoms with van der Waals surface area (Å²) in [5.41, 5.74) is 6.26. The van der Waals surface area contributed by atoms with E-state index in [0.717, 1.165) is 22.2 Å². The van der Waals surface area contributed by atoms with Crippen LogP contribution in [-0.2, 0) is 17.7 Å². The SMILES string of the molecule is Cc1ccccc1CSc1nnc(CNC(=O)c2ccc(C(C)(C)C)cc2)n1-c1cc(Cl)ccc1C. The average Bonchev–Trinajstić information content (AvgIpc) is 3.25. The molecule has 0 fully saturated rings. The summed E-state index contributed by atoms with van der Waals surface area (Å²) in [5.74, 6) is 1.26. The Hall–Kier alpha value is -3.09. The summed E-state index contributed by atoms with van der Waals surface area (Å²) in [5, 5.41) is 13.3. The van der Waals surface area contributed by atoms with Crippen molar-refractivity contribution in [2.24, 2.45) is 0 Å². The van der Waals surface area contributed by atoms with Gasteiger partial charge in [-0.25, -0.2) is 0 Å². The monoisotopic (exact) mass is 518 g/mol. The average molecular weight is 519 g/mol. The topological polar surface area (TPSA) is 59.8 Å². The minimum Gasteiger partial charge on any atom is -0.345 e. The van der Waals surface area contributed by atoms with Gasteiger partial charge in [0.25, 0.3) is 5.91 Å². The number of halogens is 1. The number of aryl methyl sites for hydroxylation is 2. The summed E-state index contributed by atoms with van der Waals surface area (Å²) < 4.78 is 1.99. The summed E-state index contributed by atoms with van der Waals surface area (Å²) in [7, 11) is 0. The van der Waals surface area contributed by atoms with E-state index in [4.69, 9.17) is 11.6 Å². The number of thioether (sulfide) groups is 1. The van der Waals surface area contributed by atoms with Gasteiger partial charge in [0.15, 0.2) is 11.0 Å². The van der Waals surface area contributed by atoms with Crippen LogP contribution in [0.5, 0.6) is 0 Å². The number of nitrogens with one attached hydrogen (secondary N) is 1. The molecule has 1 heterocycles. The molecule has 1 N–H and O–H groups in total. The molecule has 1 aromatic heterocycles. The summed E-state index contributed by atoms with van der Waals surface area (Å²) in [4.78, 5) is 12.9. The maximum atomic E-state index is 12.9. The zero-order valence-electron chi connectivity index (χ0n) is 21.3. The first-order valence-electron chi connectivity index (χ1n) is 11.9. The lowest BCUT2D eigenvalue weighted by atomic mass is 9.87. The second-order valence-corrected chi connectivity index (χ2v) is 11.3. The highest BCUT2D eigenvalue weighted by molar-refractivity contribution is 7.98. The van der Waals surface area contributed by atoms with Crippen molar-refractivity contribution < 1.29 is 4.79 Å². The first-order chi connectivity index (χ1) is 17.1. The minimum absolute atomic E-state index is 0.0343. The number of rotatable bonds is 7. The van der Waals surface area contributed by atoms with Gasteiger partial charge in [-0.3, -0.25) is 9.36 Å². The zero-order valence-corrected chi connectivity index (χ0v) is 22.9. The van der Waals surface area contributed by atoms with Crippen LogP contribution in [0.2, 0.25) is 5.02 Å². The maximum absolute atomic E-state index is 12.9. The largest absolute Gasteiger partial charge is 0.345 e. The fourth-order valence-corrected chi connectivity index (χ4v) is 5.08. The van der Waals surface area contributed by atoms with Crippen molar-refractivity contribution in [3.05, 3.63) is 105 Å². The molecule has 0 aliphatic heterocycles. The number of aromatic nitrogens is 3. The van der Waals surface area contributed by atoms with E-state index in [9.17, 15) is 4.79 Å². The first-order valence-corrected chi connectivity index (χ1v) is 13.3. The van der Waals surface area contributed by atoms with Crippen LogP contribution in [0.25, 0.3) is 5.69 Å². The van der Waals surface area contributed by atoms with Gasteiger partial charge >= 0.3 is 0 Å². The number of hydrogen-bond donors (Lipinski definition) is 1. The van der Waals surface area contributed by atoms with Gasteiger partial charge < -0.3 is 5.32 Å². The van der Waals surface area contributed by atoms with Gasteiger partial charge in [-0.15, -0.1) is 10.2 Å². The van der Waals surface area contributed by atoms with Crippen LogP contribution in [0, 0.1) is 13.8 Å². The maximum Gasteiger partial charge on any atom is 0.251 e. The van der Waals surface area contributed by atoms with Crippen LogP contribution in [0.15, 0.2) is 71.9 Å². The van der Waals surface area contributed by atoms with Gasteiger partial charge in [0, 0.05) is 16.3 Å². The van der Waals surface area contributed by atoms with Crippen molar-refractivity contribution in [2.45, 2.75) is 57.5 Å². The normalized spacial score (nSPS) is 11.5. The van der Waals surface area contributed by atoms with E-state index < -0.39 is 0 Å². The fraction of sp³-hybridized carbons (Fsp3) is 0.276. The van der Waals surface area contributed by atoms with E-state index in [1.54, 1.807) is 11.8 Å². The molecule has 1 amide bonds. The third-order valence-corrected chi connectivity index (χ3v) is 7.36. The number of benzene rings is 3. The van der Waals surface area contributed by atoms with Crippen molar-refractivity contribution in [2.75, 3.05) is 0 Å². The van der Waals surface area contributed by atoms with Crippen LogP contribution in [0.4, 0.5) is 0 Å². The highest BCUT2D eigenvalue weighted by Gasteiger charge is 2.19. The van der Waals surface area contributed by atoms with Crippen LogP contribution in [0.3, 0.4) is 0 Å². The molecule has 4 rings (SSSR count). The molecular formula is C29H31ClN4OS. The Balaban J connectivity index is 1.59. The molecular weight excluding hydrogens is 488 g/mol. The molecule has 0 radical (unpaired) electrons. The molecule has 0 spiro atoms. The quantitative estimate of drug-likeness (QED) is 0.266. The van der Waals surface area contributed by atoms with Crippen molar-refractivity contribution in [1.82, 2.24) is 20.1 Å². The van der Waals surface area contributed by atoms with Crippen LogP contribution < -0.4 is 5.32 Å². The number of amides is 1.